The molecule has 1 aliphatic rings. The highest BCUT2D eigenvalue weighted by molar-refractivity contribution is 9.10. The third kappa shape index (κ3) is 9.28. The molecule has 5 rings (SSSR count). The number of piperazine rings is 1. The van der Waals surface area contributed by atoms with E-state index in [4.69, 9.17) is 17.0 Å². The average Bonchev–Trinajstić information content (AvgIpc) is 3.10. The number of halogens is 1. The fourth-order valence-corrected chi connectivity index (χ4v) is 6.42. The maximum absolute atomic E-state index is 13.8. The number of hydrogen-bond donors (Lipinski definition) is 2. The van der Waals surface area contributed by atoms with Gasteiger partial charge >= 0.3 is 0 Å². The Morgan fingerprint density at radius 2 is 1.45 bits per heavy atom. The Balaban J connectivity index is 1.22. The topological polar surface area (TPSA) is 73.9 Å². The van der Waals surface area contributed by atoms with E-state index in [0.717, 1.165) is 43.2 Å². The Hall–Kier alpha value is -4.05. The molecule has 2 amide bonds. The van der Waals surface area contributed by atoms with Crippen LogP contribution in [0, 0.1) is 0 Å². The van der Waals surface area contributed by atoms with E-state index in [9.17, 15) is 9.59 Å². The van der Waals surface area contributed by atoms with Gasteiger partial charge < -0.3 is 15.0 Å². The van der Waals surface area contributed by atoms with Gasteiger partial charge in [0.15, 0.2) is 5.11 Å². The maximum atomic E-state index is 13.8. The minimum atomic E-state index is -0.390. The van der Waals surface area contributed by atoms with Crippen LogP contribution in [0.4, 0.5) is 5.69 Å². The molecule has 0 bridgehead atoms. The van der Waals surface area contributed by atoms with Crippen molar-refractivity contribution < 1.29 is 14.3 Å². The summed E-state index contributed by atoms with van der Waals surface area (Å²) in [4.78, 5) is 31.4. The molecule has 0 spiro atoms. The molecule has 0 aromatic heterocycles. The maximum Gasteiger partial charge on any atom is 0.261 e. The predicted octanol–water partition coefficient (Wildman–Crippen LogP) is 8.08. The molecule has 1 aliphatic heterocycles. The number of carbonyl (C=O) groups excluding carboxylic acids is 2. The van der Waals surface area contributed by atoms with Crippen LogP contribution >= 0.6 is 28.1 Å². The Morgan fingerprint density at radius 1 is 0.809 bits per heavy atom. The van der Waals surface area contributed by atoms with Gasteiger partial charge in [-0.05, 0) is 60.1 Å². The highest BCUT2D eigenvalue weighted by atomic mass is 79.9. The van der Waals surface area contributed by atoms with Crippen molar-refractivity contribution in [2.45, 2.75) is 38.6 Å². The van der Waals surface area contributed by atoms with Gasteiger partial charge in [-0.2, -0.15) is 0 Å². The molecule has 7 nitrogen and oxygen atoms in total. The number of rotatable bonds is 12. The number of nitrogens with zero attached hydrogens (tertiary/aromatic N) is 2. The van der Waals surface area contributed by atoms with Crippen molar-refractivity contribution >= 4 is 50.8 Å². The highest BCUT2D eigenvalue weighted by Gasteiger charge is 2.29. The van der Waals surface area contributed by atoms with Crippen LogP contribution < -0.4 is 15.4 Å². The lowest BCUT2D eigenvalue weighted by Gasteiger charge is -2.40. The first-order chi connectivity index (χ1) is 22.9. The number of ether oxygens (including phenoxy) is 1. The number of nitrogens with one attached hydrogen (secondary N) is 2. The summed E-state index contributed by atoms with van der Waals surface area (Å²) in [6, 6.07) is 33.7. The molecule has 1 fully saturated rings. The molecule has 244 valence electrons. The smallest absolute Gasteiger partial charge is 0.261 e. The predicted molar refractivity (Wildman–Crippen MR) is 196 cm³/mol. The van der Waals surface area contributed by atoms with Crippen molar-refractivity contribution in [1.82, 2.24) is 15.1 Å². The van der Waals surface area contributed by atoms with Crippen molar-refractivity contribution in [2.75, 3.05) is 38.1 Å². The molecule has 0 radical (unpaired) electrons. The van der Waals surface area contributed by atoms with Crippen molar-refractivity contribution in [2.24, 2.45) is 0 Å². The van der Waals surface area contributed by atoms with Crippen LogP contribution in [0.2, 0.25) is 0 Å². The summed E-state index contributed by atoms with van der Waals surface area (Å²) in [6.07, 6.45) is 4.30. The molecule has 9 heteroatoms. The monoisotopic (exact) mass is 712 g/mol. The highest BCUT2D eigenvalue weighted by Crippen LogP contribution is 2.30. The van der Waals surface area contributed by atoms with Gasteiger partial charge in [-0.3, -0.25) is 19.8 Å². The first-order valence-corrected chi connectivity index (χ1v) is 17.4. The van der Waals surface area contributed by atoms with Crippen LogP contribution in [-0.4, -0.2) is 59.5 Å². The second-order valence-corrected chi connectivity index (χ2v) is 12.9. The van der Waals surface area contributed by atoms with E-state index in [1.807, 2.05) is 35.2 Å². The van der Waals surface area contributed by atoms with E-state index in [-0.39, 0.29) is 17.1 Å². The molecule has 0 unspecified atom stereocenters. The van der Waals surface area contributed by atoms with Gasteiger partial charge in [0.05, 0.1) is 29.5 Å². The van der Waals surface area contributed by atoms with Gasteiger partial charge in [0.25, 0.3) is 11.8 Å². The van der Waals surface area contributed by atoms with Crippen LogP contribution in [0.1, 0.15) is 70.5 Å². The standard InChI is InChI=1S/C38H41BrN4O3S/c1-2-3-4-13-26-46-34-21-20-30(39)27-32(34)36(44)41-38(47)40-33-19-12-11-18-31(33)37(45)43-24-22-42(23-25-43)35(28-14-7-5-8-15-28)29-16-9-6-10-17-29/h5-12,14-21,27,35H,2-4,13,22-26H2,1H3,(H2,40,41,44,47). The van der Waals surface area contributed by atoms with Crippen molar-refractivity contribution in [3.05, 3.63) is 130 Å². The molecule has 4 aromatic rings. The molecule has 2 N–H and O–H groups in total. The Bertz CT molecular complexity index is 1610. The molecule has 47 heavy (non-hydrogen) atoms. The Morgan fingerprint density at radius 3 is 2.11 bits per heavy atom. The molecular weight excluding hydrogens is 672 g/mol. The summed E-state index contributed by atoms with van der Waals surface area (Å²) in [6.45, 7) is 5.36. The zero-order valence-electron chi connectivity index (χ0n) is 26.7. The van der Waals surface area contributed by atoms with Crippen LogP contribution in [-0.2, 0) is 0 Å². The molecule has 0 aliphatic carbocycles. The van der Waals surface area contributed by atoms with E-state index in [1.165, 1.54) is 11.1 Å². The molecule has 0 saturated carbocycles. The normalized spacial score (nSPS) is 13.3. The molecule has 4 aromatic carbocycles. The average molecular weight is 714 g/mol. The lowest BCUT2D eigenvalue weighted by molar-refractivity contribution is 0.0598. The number of para-hydroxylation sites is 1. The molecule has 1 saturated heterocycles. The lowest BCUT2D eigenvalue weighted by atomic mass is 9.96. The number of anilines is 1. The Kier molecular flexibility index (Phi) is 12.5. The SMILES string of the molecule is CCCCCCOc1ccc(Br)cc1C(=O)NC(=S)Nc1ccccc1C(=O)N1CCN(C(c2ccccc2)c2ccccc2)CC1. The summed E-state index contributed by atoms with van der Waals surface area (Å²) in [5, 5.41) is 5.96. The largest absolute Gasteiger partial charge is 0.493 e. The third-order valence-corrected chi connectivity index (χ3v) is 8.97. The second kappa shape index (κ2) is 17.2. The van der Waals surface area contributed by atoms with E-state index in [0.29, 0.717) is 42.3 Å². The van der Waals surface area contributed by atoms with Crippen LogP contribution in [0.25, 0.3) is 0 Å². The quantitative estimate of drug-likeness (QED) is 0.114. The zero-order chi connectivity index (χ0) is 33.0. The third-order valence-electron chi connectivity index (χ3n) is 8.27. The lowest BCUT2D eigenvalue weighted by Crippen LogP contribution is -2.50. The molecule has 0 atom stereocenters. The van der Waals surface area contributed by atoms with E-state index in [2.05, 4.69) is 86.9 Å². The number of benzene rings is 4. The van der Waals surface area contributed by atoms with Gasteiger partial charge in [0, 0.05) is 30.7 Å². The van der Waals surface area contributed by atoms with E-state index in [1.54, 1.807) is 24.3 Å². The van der Waals surface area contributed by atoms with Crippen molar-refractivity contribution in [3.8, 4) is 5.75 Å². The van der Waals surface area contributed by atoms with E-state index < -0.39 is 5.91 Å². The first kappa shape index (κ1) is 34.3. The minimum Gasteiger partial charge on any atom is -0.493 e. The van der Waals surface area contributed by atoms with Crippen molar-refractivity contribution in [3.63, 3.8) is 0 Å². The summed E-state index contributed by atoms with van der Waals surface area (Å²) < 4.78 is 6.71. The summed E-state index contributed by atoms with van der Waals surface area (Å²) >= 11 is 8.99. The summed E-state index contributed by atoms with van der Waals surface area (Å²) in [5.74, 6) is 0.0313. The van der Waals surface area contributed by atoms with Gasteiger partial charge in [0.1, 0.15) is 5.75 Å². The van der Waals surface area contributed by atoms with Gasteiger partial charge in [-0.25, -0.2) is 0 Å². The van der Waals surface area contributed by atoms with Gasteiger partial charge in [-0.15, -0.1) is 0 Å². The van der Waals surface area contributed by atoms with Gasteiger partial charge in [-0.1, -0.05) is 115 Å². The first-order valence-electron chi connectivity index (χ1n) is 16.2. The van der Waals surface area contributed by atoms with Crippen LogP contribution in [0.3, 0.4) is 0 Å². The van der Waals surface area contributed by atoms with Crippen LogP contribution in [0.5, 0.6) is 5.75 Å². The van der Waals surface area contributed by atoms with Gasteiger partial charge in [0.2, 0.25) is 0 Å². The van der Waals surface area contributed by atoms with Crippen molar-refractivity contribution in [1.29, 1.82) is 0 Å². The van der Waals surface area contributed by atoms with E-state index >= 15 is 0 Å². The van der Waals surface area contributed by atoms with Crippen LogP contribution in [0.15, 0.2) is 108 Å². The Labute approximate surface area is 291 Å². The zero-order valence-corrected chi connectivity index (χ0v) is 29.1. The fourth-order valence-electron chi connectivity index (χ4n) is 5.86. The summed E-state index contributed by atoms with van der Waals surface area (Å²) in [7, 11) is 0. The number of amides is 2. The molecular formula is C38H41BrN4O3S. The number of carbonyl (C=O) groups is 2. The second-order valence-electron chi connectivity index (χ2n) is 11.6. The molecule has 1 heterocycles. The number of unbranched alkanes of at least 4 members (excludes halogenated alkanes) is 3. The summed E-state index contributed by atoms with van der Waals surface area (Å²) in [5.41, 5.74) is 3.89. The number of hydrogen-bond acceptors (Lipinski definition) is 5. The minimum absolute atomic E-state index is 0.0800. The fraction of sp³-hybridized carbons (Fsp3) is 0.289. The number of thiocarbonyl (C=S) groups is 1.